The Morgan fingerprint density at radius 1 is 1.60 bits per heavy atom. The number of aliphatic carboxylic acids is 1. The summed E-state index contributed by atoms with van der Waals surface area (Å²) in [5, 5.41) is 8.87. The van der Waals surface area contributed by atoms with Gasteiger partial charge in [0.25, 0.3) is 0 Å². The molecule has 1 N–H and O–H groups in total. The number of carbonyl (C=O) groups is 1. The number of carboxylic acids is 1. The van der Waals surface area contributed by atoms with Gasteiger partial charge in [0.05, 0.1) is 5.92 Å². The molecule has 0 spiro atoms. The van der Waals surface area contributed by atoms with Crippen LogP contribution in [0, 0.1) is 17.8 Å². The van der Waals surface area contributed by atoms with Gasteiger partial charge in [-0.15, -0.1) is 0 Å². The highest BCUT2D eigenvalue weighted by Crippen LogP contribution is 2.29. The maximum atomic E-state index is 10.8. The number of rotatable bonds is 4. The highest BCUT2D eigenvalue weighted by atomic mass is 32.2. The summed E-state index contributed by atoms with van der Waals surface area (Å²) in [7, 11) is 0. The summed E-state index contributed by atoms with van der Waals surface area (Å²) in [5.41, 5.74) is 0. The number of nitrogens with zero attached hydrogens (tertiary/aromatic N) is 1. The van der Waals surface area contributed by atoms with Crippen molar-refractivity contribution in [2.75, 3.05) is 31.1 Å². The third-order valence-electron chi connectivity index (χ3n) is 3.62. The average Bonchev–Trinajstić information content (AvgIpc) is 2.61. The Bertz CT molecular complexity index is 235. The van der Waals surface area contributed by atoms with Crippen LogP contribution in [0.25, 0.3) is 0 Å². The first-order valence-electron chi connectivity index (χ1n) is 5.69. The van der Waals surface area contributed by atoms with Crippen LogP contribution in [0.15, 0.2) is 0 Å². The average molecular weight is 229 g/mol. The lowest BCUT2D eigenvalue weighted by Gasteiger charge is -2.42. The molecule has 2 unspecified atom stereocenters. The first kappa shape index (κ1) is 11.3. The molecule has 2 atom stereocenters. The molecule has 4 heteroatoms. The standard InChI is InChI=1S/C11H19NO2S/c1-8(11(13)14)10-5-12(6-10)4-9-2-3-15-7-9/h8-10H,2-7H2,1H3,(H,13,14). The van der Waals surface area contributed by atoms with Gasteiger partial charge >= 0.3 is 5.97 Å². The van der Waals surface area contributed by atoms with Crippen LogP contribution >= 0.6 is 11.8 Å². The number of hydrogen-bond acceptors (Lipinski definition) is 3. The second-order valence-electron chi connectivity index (χ2n) is 4.84. The third kappa shape index (κ3) is 2.67. The molecular formula is C11H19NO2S. The van der Waals surface area contributed by atoms with Gasteiger partial charge in [-0.25, -0.2) is 0 Å². The summed E-state index contributed by atoms with van der Waals surface area (Å²) >= 11 is 2.05. The molecule has 0 aromatic rings. The van der Waals surface area contributed by atoms with E-state index in [0.29, 0.717) is 5.92 Å². The fraction of sp³-hybridized carbons (Fsp3) is 0.909. The van der Waals surface area contributed by atoms with Crippen LogP contribution in [0.1, 0.15) is 13.3 Å². The summed E-state index contributed by atoms with van der Waals surface area (Å²) in [5.74, 6) is 3.05. The molecule has 3 nitrogen and oxygen atoms in total. The number of carboxylic acid groups (broad SMARTS) is 1. The van der Waals surface area contributed by atoms with Crippen LogP contribution in [0.3, 0.4) is 0 Å². The van der Waals surface area contributed by atoms with E-state index < -0.39 is 5.97 Å². The van der Waals surface area contributed by atoms with E-state index in [1.807, 2.05) is 18.7 Å². The van der Waals surface area contributed by atoms with Crippen molar-refractivity contribution in [1.29, 1.82) is 0 Å². The molecule has 2 saturated heterocycles. The van der Waals surface area contributed by atoms with Gasteiger partial charge in [0.2, 0.25) is 0 Å². The van der Waals surface area contributed by atoms with E-state index >= 15 is 0 Å². The largest absolute Gasteiger partial charge is 0.481 e. The molecule has 0 saturated carbocycles. The highest BCUT2D eigenvalue weighted by molar-refractivity contribution is 7.99. The van der Waals surface area contributed by atoms with Crippen LogP contribution in [0.5, 0.6) is 0 Å². The van der Waals surface area contributed by atoms with E-state index in [0.717, 1.165) is 19.0 Å². The van der Waals surface area contributed by atoms with Crippen molar-refractivity contribution in [2.24, 2.45) is 17.8 Å². The van der Waals surface area contributed by atoms with Gasteiger partial charge in [0.1, 0.15) is 0 Å². The summed E-state index contributed by atoms with van der Waals surface area (Å²) in [6, 6.07) is 0. The molecule has 2 aliphatic rings. The maximum absolute atomic E-state index is 10.8. The summed E-state index contributed by atoms with van der Waals surface area (Å²) in [6.07, 6.45) is 1.35. The Labute approximate surface area is 95.2 Å². The van der Waals surface area contributed by atoms with E-state index in [9.17, 15) is 4.79 Å². The molecule has 0 aromatic heterocycles. The second kappa shape index (κ2) is 4.74. The van der Waals surface area contributed by atoms with Gasteiger partial charge in [-0.3, -0.25) is 4.79 Å². The van der Waals surface area contributed by atoms with Gasteiger partial charge < -0.3 is 10.0 Å². The third-order valence-corrected chi connectivity index (χ3v) is 4.85. The van der Waals surface area contributed by atoms with Gasteiger partial charge in [-0.2, -0.15) is 11.8 Å². The van der Waals surface area contributed by atoms with Crippen molar-refractivity contribution in [3.8, 4) is 0 Å². The van der Waals surface area contributed by atoms with E-state index in [4.69, 9.17) is 5.11 Å². The molecule has 2 heterocycles. The van der Waals surface area contributed by atoms with E-state index in [1.54, 1.807) is 0 Å². The van der Waals surface area contributed by atoms with Gasteiger partial charge in [-0.05, 0) is 29.8 Å². The van der Waals surface area contributed by atoms with Gasteiger partial charge in [-0.1, -0.05) is 6.92 Å². The summed E-state index contributed by atoms with van der Waals surface area (Å²) in [4.78, 5) is 13.2. The predicted molar refractivity (Wildman–Crippen MR) is 62.2 cm³/mol. The first-order chi connectivity index (χ1) is 7.16. The molecule has 0 radical (unpaired) electrons. The van der Waals surface area contributed by atoms with Gasteiger partial charge in [0, 0.05) is 19.6 Å². The van der Waals surface area contributed by atoms with Crippen molar-refractivity contribution < 1.29 is 9.90 Å². The Morgan fingerprint density at radius 3 is 2.87 bits per heavy atom. The Hall–Kier alpha value is -0.220. The van der Waals surface area contributed by atoms with E-state index in [-0.39, 0.29) is 5.92 Å². The Kier molecular flexibility index (Phi) is 3.57. The highest BCUT2D eigenvalue weighted by Gasteiger charge is 2.35. The normalized spacial score (nSPS) is 30.1. The summed E-state index contributed by atoms with van der Waals surface area (Å²) < 4.78 is 0. The topological polar surface area (TPSA) is 40.5 Å². The minimum absolute atomic E-state index is 0.167. The molecule has 86 valence electrons. The quantitative estimate of drug-likeness (QED) is 0.791. The van der Waals surface area contributed by atoms with Crippen molar-refractivity contribution in [1.82, 2.24) is 4.90 Å². The smallest absolute Gasteiger partial charge is 0.306 e. The fourth-order valence-electron chi connectivity index (χ4n) is 2.37. The number of thioether (sulfide) groups is 1. The lowest BCUT2D eigenvalue weighted by Crippen LogP contribution is -2.52. The van der Waals surface area contributed by atoms with Crippen molar-refractivity contribution in [3.63, 3.8) is 0 Å². The van der Waals surface area contributed by atoms with Crippen molar-refractivity contribution in [2.45, 2.75) is 13.3 Å². The predicted octanol–water partition coefficient (Wildman–Crippen LogP) is 1.39. The van der Waals surface area contributed by atoms with E-state index in [1.165, 1.54) is 24.5 Å². The molecule has 2 rings (SSSR count). The zero-order valence-corrected chi connectivity index (χ0v) is 10.0. The monoisotopic (exact) mass is 229 g/mol. The molecule has 0 amide bonds. The Morgan fingerprint density at radius 2 is 2.33 bits per heavy atom. The van der Waals surface area contributed by atoms with Crippen molar-refractivity contribution >= 4 is 17.7 Å². The minimum atomic E-state index is -0.643. The van der Waals surface area contributed by atoms with Crippen LogP contribution in [-0.2, 0) is 4.79 Å². The van der Waals surface area contributed by atoms with Crippen LogP contribution < -0.4 is 0 Å². The minimum Gasteiger partial charge on any atom is -0.481 e. The van der Waals surface area contributed by atoms with E-state index in [2.05, 4.69) is 4.90 Å². The second-order valence-corrected chi connectivity index (χ2v) is 5.98. The van der Waals surface area contributed by atoms with Crippen molar-refractivity contribution in [3.05, 3.63) is 0 Å². The molecule has 0 bridgehead atoms. The molecule has 2 fully saturated rings. The first-order valence-corrected chi connectivity index (χ1v) is 6.85. The van der Waals surface area contributed by atoms with Crippen LogP contribution in [-0.4, -0.2) is 47.1 Å². The number of hydrogen-bond donors (Lipinski definition) is 1. The number of likely N-dealkylation sites (tertiary alicyclic amines) is 1. The molecule has 2 aliphatic heterocycles. The van der Waals surface area contributed by atoms with Crippen LogP contribution in [0.2, 0.25) is 0 Å². The maximum Gasteiger partial charge on any atom is 0.306 e. The lowest BCUT2D eigenvalue weighted by molar-refractivity contribution is -0.145. The zero-order valence-electron chi connectivity index (χ0n) is 9.19. The fourth-order valence-corrected chi connectivity index (χ4v) is 3.64. The molecule has 0 aliphatic carbocycles. The Balaban J connectivity index is 1.67. The molecular weight excluding hydrogens is 210 g/mol. The zero-order chi connectivity index (χ0) is 10.8. The van der Waals surface area contributed by atoms with Gasteiger partial charge in [0.15, 0.2) is 0 Å². The summed E-state index contributed by atoms with van der Waals surface area (Å²) in [6.45, 7) is 5.01. The SMILES string of the molecule is CC(C(=O)O)C1CN(CC2CCSC2)C1. The lowest BCUT2D eigenvalue weighted by atomic mass is 9.86. The molecule has 15 heavy (non-hydrogen) atoms. The van der Waals surface area contributed by atoms with Crippen LogP contribution in [0.4, 0.5) is 0 Å². The molecule has 0 aromatic carbocycles.